The standard InChI is InChI=1S/C12H21N/c1-7-10(2)8-9-11(3)13-12(4,5)6/h8-9,13H,2-3,7H2,1,4-6H3/b9-8-. The van der Waals surface area contributed by atoms with Crippen molar-refractivity contribution in [1.29, 1.82) is 0 Å². The maximum atomic E-state index is 3.91. The molecule has 0 saturated heterocycles. The van der Waals surface area contributed by atoms with Crippen LogP contribution in [0, 0.1) is 0 Å². The van der Waals surface area contributed by atoms with Crippen molar-refractivity contribution in [3.8, 4) is 0 Å². The molecule has 1 N–H and O–H groups in total. The molecule has 0 radical (unpaired) electrons. The number of nitrogens with one attached hydrogen (secondary N) is 1. The fraction of sp³-hybridized carbons (Fsp3) is 0.500. The predicted octanol–water partition coefficient (Wildman–Crippen LogP) is 3.41. The van der Waals surface area contributed by atoms with Crippen molar-refractivity contribution in [2.24, 2.45) is 0 Å². The summed E-state index contributed by atoms with van der Waals surface area (Å²) in [5, 5.41) is 3.28. The summed E-state index contributed by atoms with van der Waals surface area (Å²) in [5.41, 5.74) is 2.13. The van der Waals surface area contributed by atoms with E-state index >= 15 is 0 Å². The maximum Gasteiger partial charge on any atom is 0.0289 e. The van der Waals surface area contributed by atoms with E-state index in [0.29, 0.717) is 0 Å². The lowest BCUT2D eigenvalue weighted by molar-refractivity contribution is 0.480. The molecule has 0 saturated carbocycles. The Hall–Kier alpha value is -0.980. The number of rotatable bonds is 4. The van der Waals surface area contributed by atoms with Gasteiger partial charge in [0, 0.05) is 11.2 Å². The molecule has 13 heavy (non-hydrogen) atoms. The molecule has 0 unspecified atom stereocenters. The molecule has 0 rings (SSSR count). The molecule has 1 nitrogen and oxygen atoms in total. The highest BCUT2D eigenvalue weighted by atomic mass is 14.9. The average molecular weight is 179 g/mol. The summed E-state index contributed by atoms with van der Waals surface area (Å²) in [6, 6.07) is 0. The molecule has 0 fully saturated rings. The van der Waals surface area contributed by atoms with Gasteiger partial charge in [-0.05, 0) is 33.3 Å². The topological polar surface area (TPSA) is 12.0 Å². The van der Waals surface area contributed by atoms with Crippen LogP contribution >= 0.6 is 0 Å². The first-order valence-corrected chi connectivity index (χ1v) is 4.68. The van der Waals surface area contributed by atoms with Crippen molar-refractivity contribution >= 4 is 0 Å². The third-order valence-corrected chi connectivity index (χ3v) is 1.51. The zero-order chi connectivity index (χ0) is 10.5. The van der Waals surface area contributed by atoms with Gasteiger partial charge in [0.2, 0.25) is 0 Å². The largest absolute Gasteiger partial charge is 0.381 e. The third-order valence-electron chi connectivity index (χ3n) is 1.51. The number of allylic oxidation sites excluding steroid dienone is 3. The zero-order valence-electron chi connectivity index (χ0n) is 9.28. The Labute approximate surface area is 82.2 Å². The second-order valence-electron chi connectivity index (χ2n) is 4.25. The minimum atomic E-state index is 0.0783. The van der Waals surface area contributed by atoms with Gasteiger partial charge in [-0.3, -0.25) is 0 Å². The highest BCUT2D eigenvalue weighted by molar-refractivity contribution is 5.23. The molecule has 0 aliphatic rings. The van der Waals surface area contributed by atoms with Crippen LogP contribution in [0.15, 0.2) is 36.6 Å². The molecule has 0 aromatic carbocycles. The highest BCUT2D eigenvalue weighted by Crippen LogP contribution is 2.05. The molecule has 0 spiro atoms. The van der Waals surface area contributed by atoms with Gasteiger partial charge in [0.15, 0.2) is 0 Å². The van der Waals surface area contributed by atoms with Crippen LogP contribution < -0.4 is 5.32 Å². The Bertz CT molecular complexity index is 216. The van der Waals surface area contributed by atoms with E-state index in [1.54, 1.807) is 0 Å². The summed E-state index contributed by atoms with van der Waals surface area (Å²) >= 11 is 0. The van der Waals surface area contributed by atoms with Gasteiger partial charge >= 0.3 is 0 Å². The Balaban J connectivity index is 4.02. The molecular formula is C12H21N. The van der Waals surface area contributed by atoms with Crippen molar-refractivity contribution in [2.75, 3.05) is 0 Å². The lowest BCUT2D eigenvalue weighted by Crippen LogP contribution is -2.34. The summed E-state index contributed by atoms with van der Waals surface area (Å²) in [4.78, 5) is 0. The van der Waals surface area contributed by atoms with E-state index in [0.717, 1.165) is 17.7 Å². The highest BCUT2D eigenvalue weighted by Gasteiger charge is 2.07. The summed E-state index contributed by atoms with van der Waals surface area (Å²) in [6.45, 7) is 16.2. The molecule has 0 aromatic rings. The number of hydrogen-bond acceptors (Lipinski definition) is 1. The van der Waals surface area contributed by atoms with Crippen LogP contribution in [0.4, 0.5) is 0 Å². The van der Waals surface area contributed by atoms with Crippen LogP contribution in [0.1, 0.15) is 34.1 Å². The number of hydrogen-bond donors (Lipinski definition) is 1. The Kier molecular flexibility index (Phi) is 4.53. The van der Waals surface area contributed by atoms with Crippen LogP contribution in [-0.2, 0) is 0 Å². The predicted molar refractivity (Wildman–Crippen MR) is 60.6 cm³/mol. The lowest BCUT2D eigenvalue weighted by Gasteiger charge is -2.22. The first-order chi connectivity index (χ1) is 5.85. The third kappa shape index (κ3) is 7.38. The van der Waals surface area contributed by atoms with Gasteiger partial charge in [-0.2, -0.15) is 0 Å². The molecule has 1 heteroatoms. The van der Waals surface area contributed by atoms with Gasteiger partial charge in [-0.15, -0.1) is 0 Å². The van der Waals surface area contributed by atoms with E-state index in [4.69, 9.17) is 0 Å². The molecule has 0 aromatic heterocycles. The van der Waals surface area contributed by atoms with E-state index in [9.17, 15) is 0 Å². The van der Waals surface area contributed by atoms with Crippen molar-refractivity contribution in [3.05, 3.63) is 36.6 Å². The summed E-state index contributed by atoms with van der Waals surface area (Å²) in [6.07, 6.45) is 4.96. The normalized spacial score (nSPS) is 11.7. The van der Waals surface area contributed by atoms with Gasteiger partial charge < -0.3 is 5.32 Å². The molecule has 0 atom stereocenters. The lowest BCUT2D eigenvalue weighted by atomic mass is 10.1. The first kappa shape index (κ1) is 12.0. The van der Waals surface area contributed by atoms with Crippen LogP contribution in [0.25, 0.3) is 0 Å². The summed E-state index contributed by atoms with van der Waals surface area (Å²) in [7, 11) is 0. The maximum absolute atomic E-state index is 3.91. The molecular weight excluding hydrogens is 158 g/mol. The van der Waals surface area contributed by atoms with Crippen LogP contribution in [0.3, 0.4) is 0 Å². The fourth-order valence-corrected chi connectivity index (χ4v) is 0.860. The van der Waals surface area contributed by atoms with Gasteiger partial charge in [0.05, 0.1) is 0 Å². The molecule has 74 valence electrons. The first-order valence-electron chi connectivity index (χ1n) is 4.68. The fourth-order valence-electron chi connectivity index (χ4n) is 0.860. The smallest absolute Gasteiger partial charge is 0.0289 e. The van der Waals surface area contributed by atoms with E-state index in [1.165, 1.54) is 0 Å². The zero-order valence-corrected chi connectivity index (χ0v) is 9.28. The van der Waals surface area contributed by atoms with E-state index < -0.39 is 0 Å². The summed E-state index contributed by atoms with van der Waals surface area (Å²) in [5.74, 6) is 0. The van der Waals surface area contributed by atoms with Crippen molar-refractivity contribution < 1.29 is 0 Å². The van der Waals surface area contributed by atoms with Crippen LogP contribution in [-0.4, -0.2) is 5.54 Å². The quantitative estimate of drug-likeness (QED) is 0.652. The van der Waals surface area contributed by atoms with Gasteiger partial charge in [0.25, 0.3) is 0 Å². The van der Waals surface area contributed by atoms with Crippen molar-refractivity contribution in [3.63, 3.8) is 0 Å². The van der Waals surface area contributed by atoms with E-state index in [1.807, 2.05) is 12.2 Å². The van der Waals surface area contributed by atoms with Gasteiger partial charge in [-0.25, -0.2) is 0 Å². The minimum absolute atomic E-state index is 0.0783. The van der Waals surface area contributed by atoms with Crippen LogP contribution in [0.5, 0.6) is 0 Å². The SMILES string of the molecule is C=C(/C=C\C(=C)NC(C)(C)C)CC. The Morgan fingerprint density at radius 1 is 1.23 bits per heavy atom. The summed E-state index contributed by atoms with van der Waals surface area (Å²) < 4.78 is 0. The van der Waals surface area contributed by atoms with E-state index in [-0.39, 0.29) is 5.54 Å². The monoisotopic (exact) mass is 179 g/mol. The van der Waals surface area contributed by atoms with Gasteiger partial charge in [0.1, 0.15) is 0 Å². The Morgan fingerprint density at radius 3 is 2.15 bits per heavy atom. The van der Waals surface area contributed by atoms with Crippen LogP contribution in [0.2, 0.25) is 0 Å². The Morgan fingerprint density at radius 2 is 1.77 bits per heavy atom. The second-order valence-corrected chi connectivity index (χ2v) is 4.25. The van der Waals surface area contributed by atoms with Crippen molar-refractivity contribution in [1.82, 2.24) is 5.32 Å². The second kappa shape index (κ2) is 4.90. The molecule has 0 aliphatic heterocycles. The average Bonchev–Trinajstić information content (AvgIpc) is 1.97. The molecule has 0 aliphatic carbocycles. The minimum Gasteiger partial charge on any atom is -0.381 e. The van der Waals surface area contributed by atoms with Crippen molar-refractivity contribution in [2.45, 2.75) is 39.7 Å². The molecule has 0 bridgehead atoms. The molecule has 0 amide bonds. The van der Waals surface area contributed by atoms with E-state index in [2.05, 4.69) is 46.2 Å². The van der Waals surface area contributed by atoms with Gasteiger partial charge in [-0.1, -0.05) is 31.7 Å². The molecule has 0 heterocycles.